The molecule has 4 heteroatoms. The fourth-order valence-electron chi connectivity index (χ4n) is 1.44. The molecule has 88 valence electrons. The fourth-order valence-corrected chi connectivity index (χ4v) is 1.88. The minimum Gasteiger partial charge on any atom is -0.497 e. The smallest absolute Gasteiger partial charge is 0.316 e. The van der Waals surface area contributed by atoms with Crippen molar-refractivity contribution in [2.45, 2.75) is 23.2 Å². The van der Waals surface area contributed by atoms with Crippen LogP contribution in [0.1, 0.15) is 18.4 Å². The zero-order chi connectivity index (χ0) is 12.0. The Kier molecular flexibility index (Phi) is 5.59. The summed E-state index contributed by atoms with van der Waals surface area (Å²) in [7, 11) is 1.64. The zero-order valence-electron chi connectivity index (χ0n) is 9.15. The van der Waals surface area contributed by atoms with Crippen molar-refractivity contribution in [3.8, 4) is 5.75 Å². The maximum atomic E-state index is 10.6. The van der Waals surface area contributed by atoms with Gasteiger partial charge < -0.3 is 9.84 Å². The van der Waals surface area contributed by atoms with Crippen molar-refractivity contribution < 1.29 is 14.6 Å². The van der Waals surface area contributed by atoms with Crippen molar-refractivity contribution in [2.75, 3.05) is 7.11 Å². The molecular formula is C12H15IO3. The van der Waals surface area contributed by atoms with Gasteiger partial charge in [0, 0.05) is 0 Å². The van der Waals surface area contributed by atoms with Gasteiger partial charge in [-0.25, -0.2) is 0 Å². The third-order valence-corrected chi connectivity index (χ3v) is 3.48. The van der Waals surface area contributed by atoms with E-state index in [-0.39, 0.29) is 3.92 Å². The van der Waals surface area contributed by atoms with Gasteiger partial charge in [0.1, 0.15) is 9.67 Å². The topological polar surface area (TPSA) is 46.5 Å². The molecule has 1 rings (SSSR count). The second-order valence-corrected chi connectivity index (χ2v) is 5.05. The summed E-state index contributed by atoms with van der Waals surface area (Å²) in [6.07, 6.45) is 2.48. The normalized spacial score (nSPS) is 12.1. The number of methoxy groups -OCH3 is 1. The number of aliphatic carboxylic acids is 1. The van der Waals surface area contributed by atoms with E-state index in [9.17, 15) is 4.79 Å². The second kappa shape index (κ2) is 6.73. The third kappa shape index (κ3) is 4.38. The minimum absolute atomic E-state index is 0.289. The quantitative estimate of drug-likeness (QED) is 0.643. The Morgan fingerprint density at radius 2 is 2.31 bits per heavy atom. The molecule has 1 aromatic carbocycles. The van der Waals surface area contributed by atoms with Crippen LogP contribution in [0.3, 0.4) is 0 Å². The highest BCUT2D eigenvalue weighted by molar-refractivity contribution is 14.1. The van der Waals surface area contributed by atoms with Crippen LogP contribution in [0.2, 0.25) is 0 Å². The highest BCUT2D eigenvalue weighted by Crippen LogP contribution is 2.16. The molecule has 0 saturated carbocycles. The van der Waals surface area contributed by atoms with Gasteiger partial charge in [-0.3, -0.25) is 4.79 Å². The molecule has 16 heavy (non-hydrogen) atoms. The van der Waals surface area contributed by atoms with Crippen LogP contribution < -0.4 is 4.74 Å². The summed E-state index contributed by atoms with van der Waals surface area (Å²) < 4.78 is 4.84. The molecule has 0 fully saturated rings. The number of ether oxygens (including phenoxy) is 1. The van der Waals surface area contributed by atoms with E-state index in [1.807, 2.05) is 46.9 Å². The number of hydrogen-bond donors (Lipinski definition) is 1. The molecule has 0 radical (unpaired) electrons. The first kappa shape index (κ1) is 13.3. The average Bonchev–Trinajstić information content (AvgIpc) is 2.29. The molecule has 0 aliphatic heterocycles. The Hall–Kier alpha value is -0.780. The van der Waals surface area contributed by atoms with Crippen molar-refractivity contribution in [3.05, 3.63) is 29.8 Å². The largest absolute Gasteiger partial charge is 0.497 e. The van der Waals surface area contributed by atoms with E-state index >= 15 is 0 Å². The first-order valence-corrected chi connectivity index (χ1v) is 6.38. The van der Waals surface area contributed by atoms with Crippen LogP contribution in [-0.2, 0) is 11.2 Å². The lowest BCUT2D eigenvalue weighted by atomic mass is 10.1. The van der Waals surface area contributed by atoms with E-state index in [1.54, 1.807) is 7.11 Å². The summed E-state index contributed by atoms with van der Waals surface area (Å²) in [6.45, 7) is 0. The summed E-state index contributed by atoms with van der Waals surface area (Å²) in [4.78, 5) is 10.6. The van der Waals surface area contributed by atoms with Crippen molar-refractivity contribution in [3.63, 3.8) is 0 Å². The van der Waals surface area contributed by atoms with Crippen molar-refractivity contribution >= 4 is 28.6 Å². The SMILES string of the molecule is COc1cccc(CCCC(I)C(=O)O)c1. The van der Waals surface area contributed by atoms with Gasteiger partial charge in [-0.2, -0.15) is 0 Å². The number of rotatable bonds is 6. The van der Waals surface area contributed by atoms with Crippen LogP contribution in [0.25, 0.3) is 0 Å². The molecule has 0 saturated heterocycles. The number of carboxylic acids is 1. The highest BCUT2D eigenvalue weighted by atomic mass is 127. The van der Waals surface area contributed by atoms with Gasteiger partial charge in [-0.1, -0.05) is 34.7 Å². The summed E-state index contributed by atoms with van der Waals surface area (Å²) in [5, 5.41) is 8.73. The molecule has 0 bridgehead atoms. The summed E-state index contributed by atoms with van der Waals surface area (Å²) >= 11 is 1.96. The van der Waals surface area contributed by atoms with Gasteiger partial charge in [0.25, 0.3) is 0 Å². The van der Waals surface area contributed by atoms with Crippen LogP contribution in [0.4, 0.5) is 0 Å². The Bertz CT molecular complexity index is 352. The molecule has 0 amide bonds. The molecule has 0 aromatic heterocycles. The Morgan fingerprint density at radius 3 is 2.94 bits per heavy atom. The number of carboxylic acid groups (broad SMARTS) is 1. The van der Waals surface area contributed by atoms with Crippen LogP contribution in [0.15, 0.2) is 24.3 Å². The first-order chi connectivity index (χ1) is 7.63. The maximum Gasteiger partial charge on any atom is 0.316 e. The molecule has 1 aromatic rings. The number of alkyl halides is 1. The molecule has 1 atom stereocenters. The molecule has 1 N–H and O–H groups in total. The van der Waals surface area contributed by atoms with Gasteiger partial charge in [-0.05, 0) is 37.0 Å². The molecule has 0 heterocycles. The molecule has 3 nitrogen and oxygen atoms in total. The number of carbonyl (C=O) groups is 1. The Morgan fingerprint density at radius 1 is 1.56 bits per heavy atom. The van der Waals surface area contributed by atoms with E-state index in [0.29, 0.717) is 6.42 Å². The van der Waals surface area contributed by atoms with E-state index in [1.165, 1.54) is 5.56 Å². The number of aryl methyl sites for hydroxylation is 1. The summed E-state index contributed by atoms with van der Waals surface area (Å²) in [6, 6.07) is 7.88. The molecular weight excluding hydrogens is 319 g/mol. The number of benzene rings is 1. The lowest BCUT2D eigenvalue weighted by Crippen LogP contribution is -2.12. The van der Waals surface area contributed by atoms with Crippen molar-refractivity contribution in [1.29, 1.82) is 0 Å². The monoisotopic (exact) mass is 334 g/mol. The molecule has 0 aliphatic rings. The van der Waals surface area contributed by atoms with Crippen LogP contribution in [0.5, 0.6) is 5.75 Å². The predicted molar refractivity (Wildman–Crippen MR) is 71.4 cm³/mol. The van der Waals surface area contributed by atoms with Gasteiger partial charge in [0.15, 0.2) is 0 Å². The van der Waals surface area contributed by atoms with E-state index < -0.39 is 5.97 Å². The number of hydrogen-bond acceptors (Lipinski definition) is 2. The maximum absolute atomic E-state index is 10.6. The second-order valence-electron chi connectivity index (χ2n) is 3.55. The van der Waals surface area contributed by atoms with E-state index in [4.69, 9.17) is 9.84 Å². The molecule has 0 spiro atoms. The third-order valence-electron chi connectivity index (χ3n) is 2.33. The standard InChI is InChI=1S/C12H15IO3/c1-16-10-6-2-4-9(8-10)5-3-7-11(13)12(14)15/h2,4,6,8,11H,3,5,7H2,1H3,(H,14,15). The Labute approximate surface area is 109 Å². The molecule has 1 unspecified atom stereocenters. The first-order valence-electron chi connectivity index (χ1n) is 5.13. The average molecular weight is 334 g/mol. The van der Waals surface area contributed by atoms with Gasteiger partial charge in [0.05, 0.1) is 7.11 Å². The van der Waals surface area contributed by atoms with Gasteiger partial charge in [-0.15, -0.1) is 0 Å². The number of halogens is 1. The lowest BCUT2D eigenvalue weighted by Gasteiger charge is -2.06. The van der Waals surface area contributed by atoms with E-state index in [2.05, 4.69) is 0 Å². The minimum atomic E-state index is -0.730. The predicted octanol–water partition coefficient (Wildman–Crippen LogP) is 2.91. The molecule has 0 aliphatic carbocycles. The fraction of sp³-hybridized carbons (Fsp3) is 0.417. The lowest BCUT2D eigenvalue weighted by molar-refractivity contribution is -0.136. The van der Waals surface area contributed by atoms with Crippen LogP contribution in [0, 0.1) is 0 Å². The Balaban J connectivity index is 2.39. The van der Waals surface area contributed by atoms with Crippen LogP contribution >= 0.6 is 22.6 Å². The van der Waals surface area contributed by atoms with Gasteiger partial charge >= 0.3 is 5.97 Å². The zero-order valence-corrected chi connectivity index (χ0v) is 11.3. The summed E-state index contributed by atoms with van der Waals surface area (Å²) in [5.74, 6) is 0.119. The van der Waals surface area contributed by atoms with Crippen molar-refractivity contribution in [2.24, 2.45) is 0 Å². The summed E-state index contributed by atoms with van der Waals surface area (Å²) in [5.41, 5.74) is 1.19. The van der Waals surface area contributed by atoms with Gasteiger partial charge in [0.2, 0.25) is 0 Å². The highest BCUT2D eigenvalue weighted by Gasteiger charge is 2.11. The van der Waals surface area contributed by atoms with E-state index in [0.717, 1.165) is 18.6 Å². The van der Waals surface area contributed by atoms with Crippen LogP contribution in [-0.4, -0.2) is 22.1 Å². The van der Waals surface area contributed by atoms with Crippen molar-refractivity contribution in [1.82, 2.24) is 0 Å².